The Hall–Kier alpha value is -2.60. The number of hydrogen-bond acceptors (Lipinski definition) is 3. The average Bonchev–Trinajstić information content (AvgIpc) is 3.26. The minimum Gasteiger partial charge on any atom is -0.353 e. The second-order valence-corrected chi connectivity index (χ2v) is 7.34. The molecule has 2 aromatic rings. The Balaban J connectivity index is 1.63. The van der Waals surface area contributed by atoms with Crippen LogP contribution in [-0.2, 0) is 16.6 Å². The number of carbonyl (C=O) groups excluding carboxylic acids is 2. The summed E-state index contributed by atoms with van der Waals surface area (Å²) in [5, 5.41) is 5.51. The molecule has 1 fully saturated rings. The fourth-order valence-electron chi connectivity index (χ4n) is 3.80. The van der Waals surface area contributed by atoms with E-state index in [2.05, 4.69) is 26.2 Å². The van der Waals surface area contributed by atoms with Crippen LogP contribution in [0.4, 0.5) is 5.69 Å². The minimum absolute atomic E-state index is 0.0745. The van der Waals surface area contributed by atoms with E-state index in [1.54, 1.807) is 0 Å². The van der Waals surface area contributed by atoms with Crippen molar-refractivity contribution in [3.8, 4) is 0 Å². The Kier molecular flexibility index (Phi) is 5.96. The molecular weight excluding hydrogens is 340 g/mol. The third-order valence-corrected chi connectivity index (χ3v) is 5.05. The van der Waals surface area contributed by atoms with Crippen molar-refractivity contribution < 1.29 is 9.59 Å². The van der Waals surface area contributed by atoms with Crippen molar-refractivity contribution in [3.63, 3.8) is 0 Å². The maximum absolute atomic E-state index is 12.3. The fraction of sp³-hybridized carbons (Fsp3) is 0.429. The van der Waals surface area contributed by atoms with Crippen molar-refractivity contribution in [2.45, 2.75) is 32.7 Å². The van der Waals surface area contributed by atoms with E-state index in [0.29, 0.717) is 12.2 Å². The van der Waals surface area contributed by atoms with Crippen molar-refractivity contribution in [2.24, 2.45) is 7.05 Å². The van der Waals surface area contributed by atoms with Gasteiger partial charge in [-0.05, 0) is 75.2 Å². The van der Waals surface area contributed by atoms with Gasteiger partial charge in [0.1, 0.15) is 0 Å². The summed E-state index contributed by atoms with van der Waals surface area (Å²) in [6.45, 7) is 6.37. The summed E-state index contributed by atoms with van der Waals surface area (Å²) < 4.78 is 2.07. The summed E-state index contributed by atoms with van der Waals surface area (Å²) in [7, 11) is 2.01. The van der Waals surface area contributed by atoms with Crippen LogP contribution in [-0.4, -0.2) is 40.9 Å². The van der Waals surface area contributed by atoms with E-state index in [9.17, 15) is 9.59 Å². The average molecular weight is 368 g/mol. The van der Waals surface area contributed by atoms with Gasteiger partial charge in [0.05, 0.1) is 6.04 Å². The quantitative estimate of drug-likeness (QED) is 0.797. The predicted octanol–water partition coefficient (Wildman–Crippen LogP) is 2.53. The number of likely N-dealkylation sites (tertiary alicyclic amines) is 1. The molecule has 1 aliphatic rings. The smallest absolute Gasteiger partial charge is 0.313 e. The van der Waals surface area contributed by atoms with Gasteiger partial charge in [-0.1, -0.05) is 6.07 Å². The van der Waals surface area contributed by atoms with Crippen molar-refractivity contribution in [2.75, 3.05) is 25.0 Å². The molecule has 1 aliphatic heterocycles. The first-order valence-corrected chi connectivity index (χ1v) is 9.47. The maximum Gasteiger partial charge on any atom is 0.313 e. The highest BCUT2D eigenvalue weighted by Crippen LogP contribution is 2.24. The lowest BCUT2D eigenvalue weighted by Gasteiger charge is -2.28. The summed E-state index contributed by atoms with van der Waals surface area (Å²) in [6, 6.07) is 9.89. The van der Waals surface area contributed by atoms with Gasteiger partial charge >= 0.3 is 11.8 Å². The molecular formula is C21H28N4O2. The van der Waals surface area contributed by atoms with Gasteiger partial charge in [0.25, 0.3) is 0 Å². The largest absolute Gasteiger partial charge is 0.353 e. The van der Waals surface area contributed by atoms with Crippen molar-refractivity contribution >= 4 is 17.5 Å². The lowest BCUT2D eigenvalue weighted by atomic mass is 10.1. The summed E-state index contributed by atoms with van der Waals surface area (Å²) >= 11 is 0. The molecule has 27 heavy (non-hydrogen) atoms. The number of amides is 2. The number of rotatable bonds is 5. The first kappa shape index (κ1) is 19.2. The number of anilines is 1. The summed E-state index contributed by atoms with van der Waals surface area (Å²) in [5.41, 5.74) is 3.88. The van der Waals surface area contributed by atoms with Gasteiger partial charge in [0, 0.05) is 31.2 Å². The van der Waals surface area contributed by atoms with Crippen LogP contribution in [0.3, 0.4) is 0 Å². The highest BCUT2D eigenvalue weighted by Gasteiger charge is 2.26. The molecule has 2 heterocycles. The topological polar surface area (TPSA) is 66.4 Å². The van der Waals surface area contributed by atoms with Crippen LogP contribution in [0.1, 0.15) is 35.7 Å². The van der Waals surface area contributed by atoms with Gasteiger partial charge in [-0.2, -0.15) is 0 Å². The highest BCUT2D eigenvalue weighted by atomic mass is 16.2. The fourth-order valence-corrected chi connectivity index (χ4v) is 3.80. The van der Waals surface area contributed by atoms with E-state index in [1.807, 2.05) is 51.4 Å². The predicted molar refractivity (Wildman–Crippen MR) is 107 cm³/mol. The second kappa shape index (κ2) is 8.39. The van der Waals surface area contributed by atoms with E-state index < -0.39 is 11.8 Å². The zero-order valence-electron chi connectivity index (χ0n) is 16.3. The van der Waals surface area contributed by atoms with E-state index in [1.165, 1.54) is 12.8 Å². The molecule has 2 amide bonds. The third kappa shape index (κ3) is 4.77. The Morgan fingerprint density at radius 2 is 1.74 bits per heavy atom. The van der Waals surface area contributed by atoms with Gasteiger partial charge in [0.2, 0.25) is 0 Å². The van der Waals surface area contributed by atoms with Crippen molar-refractivity contribution in [3.05, 3.63) is 53.3 Å². The molecule has 1 saturated heterocycles. The Labute approximate surface area is 160 Å². The number of benzene rings is 1. The molecule has 3 rings (SSSR count). The molecule has 1 unspecified atom stereocenters. The number of nitrogens with one attached hydrogen (secondary N) is 2. The molecule has 144 valence electrons. The zero-order chi connectivity index (χ0) is 19.4. The SMILES string of the molecule is Cc1cc(C)cc(NC(=O)C(=O)NCC(c2cccn2C)N2CCCC2)c1. The zero-order valence-corrected chi connectivity index (χ0v) is 16.3. The molecule has 0 bridgehead atoms. The first-order valence-electron chi connectivity index (χ1n) is 9.47. The number of nitrogens with zero attached hydrogens (tertiary/aromatic N) is 2. The Bertz CT molecular complexity index is 801. The highest BCUT2D eigenvalue weighted by molar-refractivity contribution is 6.39. The minimum atomic E-state index is -0.632. The Morgan fingerprint density at radius 3 is 2.33 bits per heavy atom. The molecule has 0 saturated carbocycles. The van der Waals surface area contributed by atoms with Gasteiger partial charge in [0.15, 0.2) is 0 Å². The normalized spacial score (nSPS) is 15.5. The molecule has 0 aliphatic carbocycles. The summed E-state index contributed by atoms with van der Waals surface area (Å²) in [6.07, 6.45) is 4.34. The van der Waals surface area contributed by atoms with Crippen LogP contribution in [0.15, 0.2) is 36.5 Å². The molecule has 1 atom stereocenters. The van der Waals surface area contributed by atoms with Crippen molar-refractivity contribution in [1.82, 2.24) is 14.8 Å². The lowest BCUT2D eigenvalue weighted by Crippen LogP contribution is -2.41. The molecule has 2 N–H and O–H groups in total. The molecule has 6 heteroatoms. The van der Waals surface area contributed by atoms with Crippen LogP contribution in [0.2, 0.25) is 0 Å². The van der Waals surface area contributed by atoms with Gasteiger partial charge < -0.3 is 15.2 Å². The van der Waals surface area contributed by atoms with E-state index in [0.717, 1.165) is 29.9 Å². The standard InChI is InChI=1S/C21H28N4O2/c1-15-11-16(2)13-17(12-15)23-21(27)20(26)22-14-19(25-9-4-5-10-25)18-7-6-8-24(18)3/h6-8,11-13,19H,4-5,9-10,14H2,1-3H3,(H,22,26)(H,23,27). The van der Waals surface area contributed by atoms with Crippen LogP contribution < -0.4 is 10.6 Å². The van der Waals surface area contributed by atoms with E-state index >= 15 is 0 Å². The molecule has 0 radical (unpaired) electrons. The molecule has 6 nitrogen and oxygen atoms in total. The van der Waals surface area contributed by atoms with Gasteiger partial charge in [-0.3, -0.25) is 14.5 Å². The van der Waals surface area contributed by atoms with Gasteiger partial charge in [-0.15, -0.1) is 0 Å². The summed E-state index contributed by atoms with van der Waals surface area (Å²) in [5.74, 6) is -1.24. The van der Waals surface area contributed by atoms with Gasteiger partial charge in [-0.25, -0.2) is 0 Å². The summed E-state index contributed by atoms with van der Waals surface area (Å²) in [4.78, 5) is 27.0. The lowest BCUT2D eigenvalue weighted by molar-refractivity contribution is -0.136. The molecule has 1 aromatic heterocycles. The van der Waals surface area contributed by atoms with Crippen LogP contribution in [0.25, 0.3) is 0 Å². The number of aryl methyl sites for hydroxylation is 3. The number of carbonyl (C=O) groups is 2. The number of aromatic nitrogens is 1. The van der Waals surface area contributed by atoms with E-state index in [4.69, 9.17) is 0 Å². The maximum atomic E-state index is 12.3. The molecule has 0 spiro atoms. The van der Waals surface area contributed by atoms with E-state index in [-0.39, 0.29) is 6.04 Å². The van der Waals surface area contributed by atoms with Crippen molar-refractivity contribution in [1.29, 1.82) is 0 Å². The van der Waals surface area contributed by atoms with Crippen LogP contribution in [0, 0.1) is 13.8 Å². The van der Waals surface area contributed by atoms with Crippen LogP contribution in [0.5, 0.6) is 0 Å². The van der Waals surface area contributed by atoms with Crippen LogP contribution >= 0.6 is 0 Å². The monoisotopic (exact) mass is 368 g/mol. The Morgan fingerprint density at radius 1 is 1.07 bits per heavy atom. The number of hydrogen-bond donors (Lipinski definition) is 2. The molecule has 1 aromatic carbocycles. The first-order chi connectivity index (χ1) is 12.9. The third-order valence-electron chi connectivity index (χ3n) is 5.05. The second-order valence-electron chi connectivity index (χ2n) is 7.34.